The summed E-state index contributed by atoms with van der Waals surface area (Å²) < 4.78 is 24.6. The molecule has 0 spiro atoms. The van der Waals surface area contributed by atoms with Gasteiger partial charge in [0.25, 0.3) is 6.43 Å². The Kier molecular flexibility index (Phi) is 3.29. The maximum atomic E-state index is 12.3. The Morgan fingerprint density at radius 3 is 2.50 bits per heavy atom. The maximum absolute atomic E-state index is 12.3. The highest BCUT2D eigenvalue weighted by Crippen LogP contribution is 2.34. The van der Waals surface area contributed by atoms with Crippen molar-refractivity contribution in [3.8, 4) is 5.75 Å². The Labute approximate surface area is 85.3 Å². The molecule has 1 aromatic rings. The number of rotatable bonds is 2. The average molecular weight is 222 g/mol. The van der Waals surface area contributed by atoms with E-state index >= 15 is 0 Å². The number of hydrogen-bond donors (Lipinski definition) is 2. The third-order valence-electron chi connectivity index (χ3n) is 1.87. The summed E-state index contributed by atoms with van der Waals surface area (Å²) >= 11 is 5.62. The molecule has 2 nitrogen and oxygen atoms in total. The van der Waals surface area contributed by atoms with Crippen LogP contribution in [0, 0.1) is 6.92 Å². The monoisotopic (exact) mass is 221 g/mol. The van der Waals surface area contributed by atoms with E-state index in [-0.39, 0.29) is 16.3 Å². The summed E-state index contributed by atoms with van der Waals surface area (Å²) in [5.74, 6) is -0.370. The number of benzene rings is 1. The second kappa shape index (κ2) is 4.11. The highest BCUT2D eigenvalue weighted by atomic mass is 35.5. The van der Waals surface area contributed by atoms with Gasteiger partial charge in [0.05, 0.1) is 11.1 Å². The predicted molar refractivity (Wildman–Crippen MR) is 50.8 cm³/mol. The van der Waals surface area contributed by atoms with Gasteiger partial charge in [-0.15, -0.1) is 0 Å². The summed E-state index contributed by atoms with van der Waals surface area (Å²) in [5.41, 5.74) is 5.86. The minimum Gasteiger partial charge on any atom is -0.506 e. The third kappa shape index (κ3) is 2.13. The predicted octanol–water partition coefficient (Wildman–Crippen LogP) is 2.62. The highest BCUT2D eigenvalue weighted by molar-refractivity contribution is 6.32. The number of aromatic hydroxyl groups is 1. The van der Waals surface area contributed by atoms with Gasteiger partial charge < -0.3 is 10.8 Å². The van der Waals surface area contributed by atoms with Gasteiger partial charge in [0.15, 0.2) is 0 Å². The van der Waals surface area contributed by atoms with Crippen molar-refractivity contribution in [2.45, 2.75) is 19.4 Å². The molecule has 78 valence electrons. The van der Waals surface area contributed by atoms with E-state index in [0.717, 1.165) is 0 Å². The molecule has 0 aromatic heterocycles. The van der Waals surface area contributed by atoms with E-state index in [9.17, 15) is 13.9 Å². The molecule has 0 aliphatic rings. The SMILES string of the molecule is Cc1cc(Cl)c(O)c(C(N)C(F)F)c1. The molecule has 0 saturated carbocycles. The van der Waals surface area contributed by atoms with E-state index in [0.29, 0.717) is 5.56 Å². The van der Waals surface area contributed by atoms with E-state index in [1.807, 2.05) is 0 Å². The lowest BCUT2D eigenvalue weighted by atomic mass is 10.0. The van der Waals surface area contributed by atoms with E-state index in [1.165, 1.54) is 12.1 Å². The Morgan fingerprint density at radius 1 is 1.43 bits per heavy atom. The van der Waals surface area contributed by atoms with Crippen LogP contribution < -0.4 is 5.73 Å². The number of alkyl halides is 2. The highest BCUT2D eigenvalue weighted by Gasteiger charge is 2.22. The Balaban J connectivity index is 3.20. The van der Waals surface area contributed by atoms with Crippen molar-refractivity contribution in [2.75, 3.05) is 0 Å². The van der Waals surface area contributed by atoms with Crippen molar-refractivity contribution in [3.63, 3.8) is 0 Å². The first-order valence-electron chi connectivity index (χ1n) is 3.96. The largest absolute Gasteiger partial charge is 0.506 e. The van der Waals surface area contributed by atoms with Crippen LogP contribution in [0.15, 0.2) is 12.1 Å². The Bertz CT molecular complexity index is 344. The number of phenolic OH excluding ortho intramolecular Hbond substituents is 1. The topological polar surface area (TPSA) is 46.2 Å². The maximum Gasteiger partial charge on any atom is 0.257 e. The van der Waals surface area contributed by atoms with Crippen LogP contribution in [0.1, 0.15) is 17.2 Å². The molecule has 0 aliphatic heterocycles. The summed E-state index contributed by atoms with van der Waals surface area (Å²) in [6.07, 6.45) is -2.72. The first kappa shape index (κ1) is 11.2. The molecule has 5 heteroatoms. The first-order chi connectivity index (χ1) is 6.43. The van der Waals surface area contributed by atoms with Gasteiger partial charge in [0.2, 0.25) is 0 Å². The fourth-order valence-electron chi connectivity index (χ4n) is 1.15. The van der Waals surface area contributed by atoms with Crippen molar-refractivity contribution in [2.24, 2.45) is 5.73 Å². The van der Waals surface area contributed by atoms with Crippen molar-refractivity contribution in [1.82, 2.24) is 0 Å². The van der Waals surface area contributed by atoms with Crippen LogP contribution in [0.4, 0.5) is 8.78 Å². The molecule has 1 rings (SSSR count). The smallest absolute Gasteiger partial charge is 0.257 e. The molecule has 1 unspecified atom stereocenters. The number of halogens is 3. The zero-order valence-electron chi connectivity index (χ0n) is 7.47. The molecule has 0 bridgehead atoms. The molecule has 1 atom stereocenters. The normalized spacial score (nSPS) is 13.3. The molecule has 0 heterocycles. The number of aryl methyl sites for hydroxylation is 1. The van der Waals surface area contributed by atoms with Gasteiger partial charge in [0.1, 0.15) is 5.75 Å². The first-order valence-corrected chi connectivity index (χ1v) is 4.34. The van der Waals surface area contributed by atoms with Gasteiger partial charge in [-0.2, -0.15) is 0 Å². The molecule has 0 aliphatic carbocycles. The van der Waals surface area contributed by atoms with E-state index < -0.39 is 12.5 Å². The third-order valence-corrected chi connectivity index (χ3v) is 2.16. The molecular weight excluding hydrogens is 212 g/mol. The van der Waals surface area contributed by atoms with E-state index in [2.05, 4.69) is 0 Å². The van der Waals surface area contributed by atoms with Crippen LogP contribution in [0.25, 0.3) is 0 Å². The molecule has 0 amide bonds. The van der Waals surface area contributed by atoms with Crippen LogP contribution >= 0.6 is 11.6 Å². The molecule has 0 radical (unpaired) electrons. The average Bonchev–Trinajstić information content (AvgIpc) is 2.09. The fourth-order valence-corrected chi connectivity index (χ4v) is 1.43. The van der Waals surface area contributed by atoms with Crippen molar-refractivity contribution < 1.29 is 13.9 Å². The van der Waals surface area contributed by atoms with Crippen LogP contribution in [0.3, 0.4) is 0 Å². The molecule has 14 heavy (non-hydrogen) atoms. The van der Waals surface area contributed by atoms with Crippen molar-refractivity contribution in [1.29, 1.82) is 0 Å². The lowest BCUT2D eigenvalue weighted by molar-refractivity contribution is 0.115. The summed E-state index contributed by atoms with van der Waals surface area (Å²) in [4.78, 5) is 0. The zero-order valence-corrected chi connectivity index (χ0v) is 8.22. The number of phenols is 1. The van der Waals surface area contributed by atoms with Crippen LogP contribution in [-0.4, -0.2) is 11.5 Å². The van der Waals surface area contributed by atoms with Crippen LogP contribution in [-0.2, 0) is 0 Å². The minimum absolute atomic E-state index is 0.0231. The van der Waals surface area contributed by atoms with Crippen LogP contribution in [0.2, 0.25) is 5.02 Å². The number of hydrogen-bond acceptors (Lipinski definition) is 2. The van der Waals surface area contributed by atoms with Crippen molar-refractivity contribution in [3.05, 3.63) is 28.3 Å². The molecule has 0 saturated heterocycles. The van der Waals surface area contributed by atoms with Gasteiger partial charge in [-0.1, -0.05) is 17.7 Å². The second-order valence-corrected chi connectivity index (χ2v) is 3.45. The van der Waals surface area contributed by atoms with Gasteiger partial charge in [-0.25, -0.2) is 8.78 Å². The van der Waals surface area contributed by atoms with E-state index in [1.54, 1.807) is 6.92 Å². The van der Waals surface area contributed by atoms with Gasteiger partial charge >= 0.3 is 0 Å². The number of nitrogens with two attached hydrogens (primary N) is 1. The second-order valence-electron chi connectivity index (χ2n) is 3.04. The van der Waals surface area contributed by atoms with Gasteiger partial charge in [-0.05, 0) is 18.6 Å². The van der Waals surface area contributed by atoms with Gasteiger partial charge in [-0.3, -0.25) is 0 Å². The van der Waals surface area contributed by atoms with Crippen molar-refractivity contribution >= 4 is 11.6 Å². The van der Waals surface area contributed by atoms with Gasteiger partial charge in [0, 0.05) is 5.56 Å². The zero-order chi connectivity index (χ0) is 10.9. The molecule has 0 fully saturated rings. The van der Waals surface area contributed by atoms with E-state index in [4.69, 9.17) is 17.3 Å². The molecule has 1 aromatic carbocycles. The fraction of sp³-hybridized carbons (Fsp3) is 0.333. The lowest BCUT2D eigenvalue weighted by Crippen LogP contribution is -2.19. The lowest BCUT2D eigenvalue weighted by Gasteiger charge is -2.14. The standard InChI is InChI=1S/C9H10ClF2NO/c1-4-2-5(7(13)9(11)12)8(14)6(10)3-4/h2-3,7,9,14H,13H2,1H3. The quantitative estimate of drug-likeness (QED) is 0.807. The Morgan fingerprint density at radius 2 is 2.00 bits per heavy atom. The summed E-state index contributed by atoms with van der Waals surface area (Å²) in [5, 5.41) is 9.43. The minimum atomic E-state index is -2.72. The summed E-state index contributed by atoms with van der Waals surface area (Å²) in [6.45, 7) is 1.69. The van der Waals surface area contributed by atoms with Crippen LogP contribution in [0.5, 0.6) is 5.75 Å². The summed E-state index contributed by atoms with van der Waals surface area (Å²) in [6, 6.07) is 1.38. The Hall–Kier alpha value is -0.870. The summed E-state index contributed by atoms with van der Waals surface area (Å²) in [7, 11) is 0. The molecular formula is C9H10ClF2NO. The molecule has 3 N–H and O–H groups in total.